The minimum absolute atomic E-state index is 0.000463. The predicted octanol–water partition coefficient (Wildman–Crippen LogP) is 0.535. The quantitative estimate of drug-likeness (QED) is 0.0142. The van der Waals surface area contributed by atoms with Crippen LogP contribution in [0.2, 0.25) is 0 Å². The molecule has 592 valence electrons. The lowest BCUT2D eigenvalue weighted by molar-refractivity contribution is -0.149. The maximum atomic E-state index is 12.3. The molecule has 4 amide bonds. The van der Waals surface area contributed by atoms with Crippen molar-refractivity contribution < 1.29 is 167 Å². The Kier molecular flexibility index (Phi) is 44.9. The van der Waals surface area contributed by atoms with Gasteiger partial charge in [0.2, 0.25) is 23.6 Å². The molecule has 7 rings (SSSR count). The molecular formula is C68H86N6O34. The van der Waals surface area contributed by atoms with E-state index in [1.54, 1.807) is 43.5 Å². The van der Waals surface area contributed by atoms with Crippen LogP contribution in [0.15, 0.2) is 97.1 Å². The molecule has 3 aromatic carbocycles. The van der Waals surface area contributed by atoms with Crippen molar-refractivity contribution in [3.05, 3.63) is 114 Å². The molecule has 4 aliphatic rings. The fraction of sp³-hybridized carbons (Fsp3) is 0.412. The highest BCUT2D eigenvalue weighted by Crippen LogP contribution is 2.28. The smallest absolute Gasteiger partial charge is 0.338 e. The third-order valence-corrected chi connectivity index (χ3v) is 14.3. The molecule has 0 saturated carbocycles. The van der Waals surface area contributed by atoms with E-state index in [-0.39, 0.29) is 150 Å². The number of benzene rings is 3. The zero-order chi connectivity index (χ0) is 82.5. The number of aliphatic hydroxyl groups excluding tert-OH is 2. The van der Waals surface area contributed by atoms with E-state index < -0.39 is 121 Å². The molecule has 0 spiro atoms. The van der Waals surface area contributed by atoms with Gasteiger partial charge < -0.3 is 111 Å². The number of ether oxygens (including phenoxy) is 4. The molecule has 0 bridgehead atoms. The molecule has 4 atom stereocenters. The number of anilines is 3. The van der Waals surface area contributed by atoms with Gasteiger partial charge in [0.15, 0.2) is 0 Å². The van der Waals surface area contributed by atoms with Crippen LogP contribution in [0.5, 0.6) is 0 Å². The van der Waals surface area contributed by atoms with Gasteiger partial charge in [-0.05, 0) is 86.1 Å². The Morgan fingerprint density at radius 2 is 0.824 bits per heavy atom. The van der Waals surface area contributed by atoms with Gasteiger partial charge in [0.05, 0.1) is 73.7 Å². The number of carbonyl (C=O) groups is 18. The Labute approximate surface area is 614 Å². The number of methoxy groups -OCH3 is 1. The van der Waals surface area contributed by atoms with Gasteiger partial charge in [-0.25, -0.2) is 24.0 Å². The molecule has 0 radical (unpaired) electrons. The lowest BCUT2D eigenvalue weighted by Gasteiger charge is -2.16. The summed E-state index contributed by atoms with van der Waals surface area (Å²) < 4.78 is 20.3. The number of Topliss-reactive ketones (excluding diaryl/α,β-unsaturated/α-hetero) is 1. The summed E-state index contributed by atoms with van der Waals surface area (Å²) in [6.07, 6.45) is 0.339. The fourth-order valence-electron chi connectivity index (χ4n) is 8.65. The number of nitrogens with two attached hydrogens (primary N) is 2. The number of ketones is 1. The average molecular weight is 1530 g/mol. The molecule has 4 aliphatic heterocycles. The van der Waals surface area contributed by atoms with Gasteiger partial charge in [-0.15, -0.1) is 0 Å². The Bertz CT molecular complexity index is 3610. The van der Waals surface area contributed by atoms with Gasteiger partial charge in [0, 0.05) is 126 Å². The minimum atomic E-state index is -1.27. The van der Waals surface area contributed by atoms with E-state index in [4.69, 9.17) is 86.0 Å². The molecule has 3 aromatic rings. The standard InChI is InChI=1S/C27H34N2O10.C12H11NO5.C7H9NO5.C7H7NO2.2C5H6O4.C3H8O2.C2H5NO2/c1-18(30)20-13-24(32)29(16-20)22-7-5-19(6-8-22)26(34)38-11-4-12-39-27(35)21-14-23(31)28(15-21)17-25(33)37-10-3-9-36-2;14-10-5-8(12(17)18)6-13(10)9-3-1-7(2-4-9)11(15)16;9-5-1-4(7(12)13)2-8(5)3-6(10)11;8-6-3-1-5(2-4-6)7(9)10;2*1-3(5(8)9)2-4(6)7;4-2-1-3-5;3-1-2(4)5/h5-8,20-21H,3-4,9-17H2,1-2H3;1-4,8H,5-6H2,(H,15,16)(H,17,18);4H,1-3H2,(H,10,11)(H,12,13);1-4H,8H2,(H,9,10);2*1-2H2,(H,6,7)(H,8,9);4-5H,1-3H2;1,3H2,(H,4,5). The molecule has 4 unspecified atom stereocenters. The van der Waals surface area contributed by atoms with Crippen molar-refractivity contribution in [2.45, 2.75) is 64.7 Å². The molecule has 40 nitrogen and oxygen atoms in total. The first-order chi connectivity index (χ1) is 50.6. The van der Waals surface area contributed by atoms with E-state index >= 15 is 0 Å². The summed E-state index contributed by atoms with van der Waals surface area (Å²) in [5.74, 6) is -16.3. The van der Waals surface area contributed by atoms with Crippen LogP contribution in [0, 0.1) is 23.7 Å². The lowest BCUT2D eigenvalue weighted by atomic mass is 10.1. The number of rotatable bonds is 30. The van der Waals surface area contributed by atoms with E-state index in [1.165, 1.54) is 58.0 Å². The predicted molar refractivity (Wildman–Crippen MR) is 368 cm³/mol. The molecule has 108 heavy (non-hydrogen) atoms. The summed E-state index contributed by atoms with van der Waals surface area (Å²) in [5, 5.41) is 98.5. The van der Waals surface area contributed by atoms with Crippen LogP contribution in [-0.4, -0.2) is 271 Å². The molecule has 0 aromatic heterocycles. The molecule has 4 saturated heterocycles. The number of aliphatic hydroxyl groups is 2. The largest absolute Gasteiger partial charge is 0.481 e. The molecule has 0 aliphatic carbocycles. The molecule has 4 heterocycles. The summed E-state index contributed by atoms with van der Waals surface area (Å²) in [6.45, 7) is 7.98. The van der Waals surface area contributed by atoms with Crippen molar-refractivity contribution in [2.24, 2.45) is 29.4 Å². The van der Waals surface area contributed by atoms with Crippen LogP contribution < -0.4 is 21.3 Å². The second-order valence-electron chi connectivity index (χ2n) is 22.7. The van der Waals surface area contributed by atoms with Gasteiger partial charge in [-0.3, -0.25) is 62.3 Å². The number of aromatic carboxylic acids is 2. The number of hydrogen-bond donors (Lipinski definition) is 14. The molecule has 4 fully saturated rings. The van der Waals surface area contributed by atoms with Gasteiger partial charge in [0.25, 0.3) is 0 Å². The van der Waals surface area contributed by atoms with Crippen LogP contribution in [0.4, 0.5) is 17.1 Å². The molecule has 40 heteroatoms. The van der Waals surface area contributed by atoms with E-state index in [0.29, 0.717) is 48.6 Å². The fourth-order valence-corrected chi connectivity index (χ4v) is 8.65. The van der Waals surface area contributed by atoms with Crippen molar-refractivity contribution in [1.82, 2.24) is 9.80 Å². The Balaban J connectivity index is 0.00000137. The zero-order valence-electron chi connectivity index (χ0n) is 58.5. The Morgan fingerprint density at radius 3 is 1.18 bits per heavy atom. The normalized spacial score (nSPS) is 15.6. The van der Waals surface area contributed by atoms with Crippen LogP contribution in [0.25, 0.3) is 0 Å². The lowest BCUT2D eigenvalue weighted by Crippen LogP contribution is -2.33. The number of hydrogen-bond acceptors (Lipinski definition) is 26. The molecular weight excluding hydrogens is 1440 g/mol. The van der Waals surface area contributed by atoms with Gasteiger partial charge in [-0.2, -0.15) is 0 Å². The van der Waals surface area contributed by atoms with Crippen molar-refractivity contribution in [1.29, 1.82) is 0 Å². The maximum absolute atomic E-state index is 12.3. The van der Waals surface area contributed by atoms with Crippen LogP contribution in [-0.2, 0) is 90.9 Å². The topological polar surface area (TPSA) is 652 Å². The summed E-state index contributed by atoms with van der Waals surface area (Å²) in [4.78, 5) is 201. The number of esters is 3. The summed E-state index contributed by atoms with van der Waals surface area (Å²) >= 11 is 0. The first kappa shape index (κ1) is 95.4. The number of likely N-dealkylation sites (tertiary alicyclic amines) is 2. The van der Waals surface area contributed by atoms with E-state index in [1.807, 2.05) is 0 Å². The second kappa shape index (κ2) is 50.8. The number of nitrogens with zero attached hydrogens (tertiary/aromatic N) is 4. The molecule has 16 N–H and O–H groups in total. The SMILES string of the molecule is C=C(CC(=O)O)C(=O)O.C=C(CC(=O)O)C(=O)O.COCCCOC(=O)CN1CC(C(=O)OCCCOC(=O)c2ccc(N3CC(C(C)=O)CC3=O)cc2)CC1=O.NCC(=O)O.Nc1ccc(C(=O)O)cc1.O=C(O)CN1CC(C(=O)O)CC1=O.O=C(O)c1ccc(N2CC(C(=O)O)CC2=O)cc1.OCCCO. The van der Waals surface area contributed by atoms with Crippen LogP contribution in [0.3, 0.4) is 0 Å². The summed E-state index contributed by atoms with van der Waals surface area (Å²) in [7, 11) is 1.55. The first-order valence-electron chi connectivity index (χ1n) is 31.9. The highest BCUT2D eigenvalue weighted by Gasteiger charge is 2.38. The van der Waals surface area contributed by atoms with E-state index in [9.17, 15) is 86.3 Å². The van der Waals surface area contributed by atoms with Crippen molar-refractivity contribution >= 4 is 124 Å². The van der Waals surface area contributed by atoms with Gasteiger partial charge in [-0.1, -0.05) is 13.2 Å². The number of nitrogen functional groups attached to an aromatic ring is 1. The minimum Gasteiger partial charge on any atom is -0.481 e. The van der Waals surface area contributed by atoms with E-state index in [2.05, 4.69) is 18.9 Å². The van der Waals surface area contributed by atoms with Crippen LogP contribution in [0.1, 0.15) is 95.8 Å². The van der Waals surface area contributed by atoms with Crippen molar-refractivity contribution in [3.8, 4) is 0 Å². The van der Waals surface area contributed by atoms with Crippen molar-refractivity contribution in [3.63, 3.8) is 0 Å². The van der Waals surface area contributed by atoms with Crippen molar-refractivity contribution in [2.75, 3.05) is 108 Å². The Hall–Kier alpha value is -12.6. The third kappa shape index (κ3) is 38.8. The zero-order valence-corrected chi connectivity index (χ0v) is 58.5. The number of carboxylic acid groups (broad SMARTS) is 10. The summed E-state index contributed by atoms with van der Waals surface area (Å²) in [5.41, 5.74) is 11.7. The van der Waals surface area contributed by atoms with Gasteiger partial charge in [0.1, 0.15) is 18.9 Å². The first-order valence-corrected chi connectivity index (χ1v) is 31.9. The summed E-state index contributed by atoms with van der Waals surface area (Å²) in [6, 6.07) is 18.2. The maximum Gasteiger partial charge on any atom is 0.338 e. The number of carboxylic acids is 10. The van der Waals surface area contributed by atoms with Gasteiger partial charge >= 0.3 is 77.6 Å². The highest BCUT2D eigenvalue weighted by molar-refractivity contribution is 6.02. The third-order valence-electron chi connectivity index (χ3n) is 14.3. The Morgan fingerprint density at radius 1 is 0.454 bits per heavy atom. The number of aliphatic carboxylic acids is 8. The van der Waals surface area contributed by atoms with E-state index in [0.717, 1.165) is 4.90 Å². The number of carbonyl (C=O) groups excluding carboxylic acids is 8. The number of amides is 4. The average Bonchev–Trinajstić information content (AvgIpc) is 1.66. The monoisotopic (exact) mass is 1530 g/mol. The second-order valence-corrected chi connectivity index (χ2v) is 22.7. The van der Waals surface area contributed by atoms with Crippen LogP contribution >= 0.6 is 0 Å². The highest BCUT2D eigenvalue weighted by atomic mass is 16.6.